The molecule has 116 valence electrons. The van der Waals surface area contributed by atoms with Crippen LogP contribution in [0.1, 0.15) is 24.2 Å². The number of benzene rings is 1. The van der Waals surface area contributed by atoms with E-state index in [9.17, 15) is 9.90 Å². The van der Waals surface area contributed by atoms with Crippen LogP contribution in [0.3, 0.4) is 0 Å². The summed E-state index contributed by atoms with van der Waals surface area (Å²) in [6.45, 7) is 6.60. The van der Waals surface area contributed by atoms with Gasteiger partial charge in [-0.05, 0) is 24.1 Å². The van der Waals surface area contributed by atoms with Gasteiger partial charge in [0.2, 0.25) is 0 Å². The highest BCUT2D eigenvalue weighted by Crippen LogP contribution is 2.15. The molecule has 1 aromatic rings. The average Bonchev–Trinajstić information content (AvgIpc) is 2.88. The maximum Gasteiger partial charge on any atom is 0.251 e. The van der Waals surface area contributed by atoms with Crippen molar-refractivity contribution < 1.29 is 14.6 Å². The predicted molar refractivity (Wildman–Crippen MR) is 81.5 cm³/mol. The second-order valence-electron chi connectivity index (χ2n) is 5.93. The van der Waals surface area contributed by atoms with Gasteiger partial charge in [-0.25, -0.2) is 0 Å². The van der Waals surface area contributed by atoms with E-state index in [-0.39, 0.29) is 17.9 Å². The van der Waals surface area contributed by atoms with Gasteiger partial charge in [0.25, 0.3) is 5.91 Å². The number of carbonyl (C=O) groups excluding carboxylic acids is 1. The van der Waals surface area contributed by atoms with Crippen LogP contribution in [0.25, 0.3) is 0 Å². The van der Waals surface area contributed by atoms with Gasteiger partial charge < -0.3 is 20.5 Å². The minimum atomic E-state index is -0.383. The standard InChI is InChI=1S/C16H24N2O3/c1-11(2)10-21-14-5-3-4-12(6-14)16(20)18-8-13-7-17-9-15(13)19/h3-6,11,13,15,17,19H,7-10H2,1-2H3,(H,18,20). The summed E-state index contributed by atoms with van der Waals surface area (Å²) in [5.74, 6) is 1.09. The van der Waals surface area contributed by atoms with Gasteiger partial charge in [-0.2, -0.15) is 0 Å². The highest BCUT2D eigenvalue weighted by molar-refractivity contribution is 5.94. The number of amides is 1. The van der Waals surface area contributed by atoms with Crippen LogP contribution in [0.5, 0.6) is 5.75 Å². The molecule has 2 unspecified atom stereocenters. The summed E-state index contributed by atoms with van der Waals surface area (Å²) in [6, 6.07) is 7.18. The first kappa shape index (κ1) is 15.8. The number of hydrogen-bond donors (Lipinski definition) is 3. The molecule has 1 heterocycles. The van der Waals surface area contributed by atoms with Crippen LogP contribution in [0.15, 0.2) is 24.3 Å². The third-order valence-electron chi connectivity index (χ3n) is 3.51. The van der Waals surface area contributed by atoms with E-state index in [4.69, 9.17) is 4.74 Å². The van der Waals surface area contributed by atoms with Crippen LogP contribution < -0.4 is 15.4 Å². The van der Waals surface area contributed by atoms with Crippen molar-refractivity contribution in [3.63, 3.8) is 0 Å². The maximum absolute atomic E-state index is 12.1. The largest absolute Gasteiger partial charge is 0.493 e. The summed E-state index contributed by atoms with van der Waals surface area (Å²) in [4.78, 5) is 12.1. The number of rotatable bonds is 6. The molecule has 1 saturated heterocycles. The topological polar surface area (TPSA) is 70.6 Å². The molecule has 0 aliphatic carbocycles. The van der Waals surface area contributed by atoms with Gasteiger partial charge in [0.05, 0.1) is 12.7 Å². The van der Waals surface area contributed by atoms with Crippen molar-refractivity contribution in [3.05, 3.63) is 29.8 Å². The lowest BCUT2D eigenvalue weighted by Gasteiger charge is -2.14. The van der Waals surface area contributed by atoms with E-state index < -0.39 is 0 Å². The second-order valence-corrected chi connectivity index (χ2v) is 5.93. The summed E-state index contributed by atoms with van der Waals surface area (Å²) in [5.41, 5.74) is 0.580. The van der Waals surface area contributed by atoms with Crippen molar-refractivity contribution in [2.24, 2.45) is 11.8 Å². The molecule has 1 amide bonds. The molecule has 1 aliphatic heterocycles. The fourth-order valence-corrected chi connectivity index (χ4v) is 2.24. The van der Waals surface area contributed by atoms with E-state index in [1.54, 1.807) is 12.1 Å². The molecule has 1 fully saturated rings. The average molecular weight is 292 g/mol. The van der Waals surface area contributed by atoms with E-state index in [0.29, 0.717) is 36.9 Å². The number of aliphatic hydroxyl groups excluding tert-OH is 1. The first-order chi connectivity index (χ1) is 10.1. The van der Waals surface area contributed by atoms with Crippen molar-refractivity contribution in [1.82, 2.24) is 10.6 Å². The molecule has 2 rings (SSSR count). The Bertz CT molecular complexity index is 476. The van der Waals surface area contributed by atoms with E-state index in [0.717, 1.165) is 6.54 Å². The lowest BCUT2D eigenvalue weighted by atomic mass is 10.1. The third kappa shape index (κ3) is 4.72. The summed E-state index contributed by atoms with van der Waals surface area (Å²) in [6.07, 6.45) is -0.383. The number of carbonyl (C=O) groups is 1. The molecular weight excluding hydrogens is 268 g/mol. The van der Waals surface area contributed by atoms with E-state index in [2.05, 4.69) is 24.5 Å². The SMILES string of the molecule is CC(C)COc1cccc(C(=O)NCC2CNCC2O)c1. The summed E-state index contributed by atoms with van der Waals surface area (Å²) in [7, 11) is 0. The number of hydrogen-bond acceptors (Lipinski definition) is 4. The smallest absolute Gasteiger partial charge is 0.251 e. The molecule has 3 N–H and O–H groups in total. The van der Waals surface area contributed by atoms with Crippen molar-refractivity contribution in [1.29, 1.82) is 0 Å². The van der Waals surface area contributed by atoms with Crippen LogP contribution in [0, 0.1) is 11.8 Å². The highest BCUT2D eigenvalue weighted by atomic mass is 16.5. The molecule has 0 bridgehead atoms. The van der Waals surface area contributed by atoms with Crippen molar-refractivity contribution in [2.45, 2.75) is 20.0 Å². The molecule has 5 heteroatoms. The third-order valence-corrected chi connectivity index (χ3v) is 3.51. The minimum absolute atomic E-state index is 0.0781. The molecule has 1 aliphatic rings. The molecular formula is C16H24N2O3. The molecule has 0 saturated carbocycles. The minimum Gasteiger partial charge on any atom is -0.493 e. The van der Waals surface area contributed by atoms with E-state index in [1.807, 2.05) is 12.1 Å². The molecule has 0 spiro atoms. The summed E-state index contributed by atoms with van der Waals surface area (Å²) >= 11 is 0. The Morgan fingerprint density at radius 3 is 2.95 bits per heavy atom. The van der Waals surface area contributed by atoms with E-state index in [1.165, 1.54) is 0 Å². The zero-order chi connectivity index (χ0) is 15.2. The van der Waals surface area contributed by atoms with Crippen molar-refractivity contribution in [2.75, 3.05) is 26.2 Å². The Balaban J connectivity index is 1.88. The summed E-state index contributed by atoms with van der Waals surface area (Å²) in [5, 5.41) is 15.7. The number of β-amino-alcohol motifs (C(OH)–C–C–N with tert-alkyl or cyclic N) is 1. The Labute approximate surface area is 125 Å². The fraction of sp³-hybridized carbons (Fsp3) is 0.562. The van der Waals surface area contributed by atoms with Crippen molar-refractivity contribution >= 4 is 5.91 Å². The molecule has 2 atom stereocenters. The summed E-state index contributed by atoms with van der Waals surface area (Å²) < 4.78 is 5.62. The van der Waals surface area contributed by atoms with Crippen LogP contribution in [0.2, 0.25) is 0 Å². The van der Waals surface area contributed by atoms with Crippen LogP contribution in [-0.2, 0) is 0 Å². The Morgan fingerprint density at radius 2 is 2.29 bits per heavy atom. The van der Waals surface area contributed by atoms with E-state index >= 15 is 0 Å². The number of nitrogens with one attached hydrogen (secondary N) is 2. The van der Waals surface area contributed by atoms with Gasteiger partial charge in [-0.3, -0.25) is 4.79 Å². The molecule has 21 heavy (non-hydrogen) atoms. The number of aliphatic hydroxyl groups is 1. The normalized spacial score (nSPS) is 21.5. The Hall–Kier alpha value is -1.59. The first-order valence-electron chi connectivity index (χ1n) is 7.46. The zero-order valence-electron chi connectivity index (χ0n) is 12.6. The maximum atomic E-state index is 12.1. The molecule has 0 radical (unpaired) electrons. The van der Waals surface area contributed by atoms with Crippen molar-refractivity contribution in [3.8, 4) is 5.75 Å². The Kier molecular flexibility index (Phi) is 5.59. The number of ether oxygens (including phenoxy) is 1. The quantitative estimate of drug-likeness (QED) is 0.732. The molecule has 0 aromatic heterocycles. The van der Waals surface area contributed by atoms with Crippen LogP contribution in [-0.4, -0.2) is 43.4 Å². The monoisotopic (exact) mass is 292 g/mol. The van der Waals surface area contributed by atoms with Gasteiger partial charge in [-0.15, -0.1) is 0 Å². The van der Waals surface area contributed by atoms with Gasteiger partial charge in [0.15, 0.2) is 0 Å². The fourth-order valence-electron chi connectivity index (χ4n) is 2.24. The highest BCUT2D eigenvalue weighted by Gasteiger charge is 2.25. The Morgan fingerprint density at radius 1 is 1.48 bits per heavy atom. The lowest BCUT2D eigenvalue weighted by Crippen LogP contribution is -2.34. The lowest BCUT2D eigenvalue weighted by molar-refractivity contribution is 0.0926. The van der Waals surface area contributed by atoms with Gasteiger partial charge in [-0.1, -0.05) is 19.9 Å². The van der Waals surface area contributed by atoms with Crippen LogP contribution >= 0.6 is 0 Å². The zero-order valence-corrected chi connectivity index (χ0v) is 12.6. The van der Waals surface area contributed by atoms with Crippen LogP contribution in [0.4, 0.5) is 0 Å². The second kappa shape index (κ2) is 7.43. The van der Waals surface area contributed by atoms with Gasteiger partial charge in [0.1, 0.15) is 5.75 Å². The van der Waals surface area contributed by atoms with Gasteiger partial charge in [0, 0.05) is 31.1 Å². The molecule has 1 aromatic carbocycles. The molecule has 5 nitrogen and oxygen atoms in total. The van der Waals surface area contributed by atoms with Gasteiger partial charge >= 0.3 is 0 Å². The first-order valence-corrected chi connectivity index (χ1v) is 7.46. The predicted octanol–water partition coefficient (Wildman–Crippen LogP) is 1.03.